The number of likely N-dealkylation sites (tertiary alicyclic amines) is 2. The fourth-order valence-electron chi connectivity index (χ4n) is 7.92. The number of rotatable bonds is 8. The van der Waals surface area contributed by atoms with Crippen molar-refractivity contribution in [2.24, 2.45) is 4.99 Å². The summed E-state index contributed by atoms with van der Waals surface area (Å²) in [6, 6.07) is 20.5. The Morgan fingerprint density at radius 3 is 2.30 bits per heavy atom. The summed E-state index contributed by atoms with van der Waals surface area (Å²) < 4.78 is 10.3. The SMILES string of the molecule is COC(=O)N[C@@H](C(=O)N1CCC[C@H]1c1ncc(-c2ccc(-c3ccc(C4=CN=C([C@@H]5CCCN5C(=O)N5CCOCC5)C4)cn3)cc2)[nH]1)c1ccccc1. The number of hydrogen-bond donors (Lipinski definition) is 2. The van der Waals surface area contributed by atoms with E-state index in [2.05, 4.69) is 16.4 Å². The molecule has 4 aromatic rings. The highest BCUT2D eigenvalue weighted by molar-refractivity contribution is 6.03. The summed E-state index contributed by atoms with van der Waals surface area (Å²) in [7, 11) is 1.28. The first-order valence-corrected chi connectivity index (χ1v) is 18.7. The van der Waals surface area contributed by atoms with Crippen LogP contribution in [0.25, 0.3) is 28.1 Å². The van der Waals surface area contributed by atoms with Gasteiger partial charge in [-0.2, -0.15) is 0 Å². The number of methoxy groups -OCH3 is 1. The molecule has 13 nitrogen and oxygen atoms in total. The first kappa shape index (κ1) is 35.2. The van der Waals surface area contributed by atoms with Crippen LogP contribution in [0.4, 0.5) is 9.59 Å². The van der Waals surface area contributed by atoms with E-state index >= 15 is 0 Å². The van der Waals surface area contributed by atoms with Crippen molar-refractivity contribution in [3.05, 3.63) is 102 Å². The number of nitrogens with zero attached hydrogens (tertiary/aromatic N) is 6. The van der Waals surface area contributed by atoms with E-state index in [0.717, 1.165) is 71.6 Å². The van der Waals surface area contributed by atoms with Crippen LogP contribution in [-0.2, 0) is 14.3 Å². The number of benzene rings is 2. The lowest BCUT2D eigenvalue weighted by Crippen LogP contribution is -2.51. The average molecular weight is 729 g/mol. The van der Waals surface area contributed by atoms with Gasteiger partial charge in [-0.15, -0.1) is 0 Å². The Balaban J connectivity index is 0.899. The van der Waals surface area contributed by atoms with Gasteiger partial charge in [0.05, 0.1) is 50.0 Å². The predicted octanol–water partition coefficient (Wildman–Crippen LogP) is 6.00. The standard InChI is InChI=1S/C41H44N8O5/c1-53-40(51)46-37(29-7-3-2-4-8-29)39(50)48-17-6-10-36(48)38-44-26-34(45-38)28-13-11-27(12-14-28)32-16-15-30(24-42-32)31-23-33(43-25-31)35-9-5-18-49(35)41(52)47-19-21-54-22-20-47/h2-4,7-8,11-16,24-26,35-37H,5-6,9-10,17-23H2,1H3,(H,44,45)(H,46,51)/t35-,36-,37+/m0/s1. The van der Waals surface area contributed by atoms with Gasteiger partial charge in [0.2, 0.25) is 0 Å². The van der Waals surface area contributed by atoms with E-state index in [1.54, 1.807) is 11.1 Å². The van der Waals surface area contributed by atoms with Crippen LogP contribution in [0.2, 0.25) is 0 Å². The largest absolute Gasteiger partial charge is 0.453 e. The predicted molar refractivity (Wildman–Crippen MR) is 203 cm³/mol. The molecule has 3 atom stereocenters. The molecule has 6 heterocycles. The van der Waals surface area contributed by atoms with Crippen LogP contribution in [0.15, 0.2) is 90.3 Å². The summed E-state index contributed by atoms with van der Waals surface area (Å²) in [5.74, 6) is 0.503. The molecule has 3 fully saturated rings. The molecule has 0 saturated carbocycles. The maximum Gasteiger partial charge on any atom is 0.407 e. The Labute approximate surface area is 314 Å². The third kappa shape index (κ3) is 7.23. The second-order valence-corrected chi connectivity index (χ2v) is 14.0. The lowest BCUT2D eigenvalue weighted by atomic mass is 9.99. The van der Waals surface area contributed by atoms with Gasteiger partial charge in [-0.05, 0) is 54.0 Å². The number of pyridine rings is 1. The summed E-state index contributed by atoms with van der Waals surface area (Å²) in [6.07, 6.45) is 9.19. The summed E-state index contributed by atoms with van der Waals surface area (Å²) in [4.78, 5) is 62.7. The third-order valence-electron chi connectivity index (χ3n) is 10.8. The van der Waals surface area contributed by atoms with Crippen LogP contribution in [0, 0.1) is 0 Å². The average Bonchev–Trinajstić information content (AvgIpc) is 4.07. The molecule has 4 aliphatic heterocycles. The fourth-order valence-corrected chi connectivity index (χ4v) is 7.92. The van der Waals surface area contributed by atoms with Gasteiger partial charge in [-0.1, -0.05) is 60.7 Å². The zero-order valence-electron chi connectivity index (χ0n) is 30.3. The maximum atomic E-state index is 13.9. The number of carbonyl (C=O) groups is 3. The van der Waals surface area contributed by atoms with E-state index in [1.165, 1.54) is 7.11 Å². The molecule has 0 radical (unpaired) electrons. The summed E-state index contributed by atoms with van der Waals surface area (Å²) in [5, 5.41) is 2.71. The lowest BCUT2D eigenvalue weighted by Gasteiger charge is -2.34. The number of allylic oxidation sites excluding steroid dienone is 1. The van der Waals surface area contributed by atoms with E-state index in [4.69, 9.17) is 24.4 Å². The molecule has 0 unspecified atom stereocenters. The molecular formula is C41H44N8O5. The van der Waals surface area contributed by atoms with Crippen molar-refractivity contribution in [1.82, 2.24) is 35.0 Å². The number of aromatic nitrogens is 3. The number of imidazole rings is 1. The van der Waals surface area contributed by atoms with Crippen LogP contribution in [-0.4, -0.2) is 106 Å². The zero-order chi connectivity index (χ0) is 37.0. The second kappa shape index (κ2) is 15.7. The van der Waals surface area contributed by atoms with Crippen LogP contribution < -0.4 is 5.32 Å². The summed E-state index contributed by atoms with van der Waals surface area (Å²) >= 11 is 0. The molecule has 2 N–H and O–H groups in total. The molecule has 278 valence electrons. The van der Waals surface area contributed by atoms with Gasteiger partial charge in [0.1, 0.15) is 11.9 Å². The van der Waals surface area contributed by atoms with Gasteiger partial charge >= 0.3 is 12.1 Å². The highest BCUT2D eigenvalue weighted by Gasteiger charge is 2.38. The molecule has 0 bridgehead atoms. The van der Waals surface area contributed by atoms with Gasteiger partial charge in [-0.25, -0.2) is 14.6 Å². The van der Waals surface area contributed by atoms with Gasteiger partial charge < -0.3 is 34.5 Å². The Hall–Kier alpha value is -5.82. The molecule has 3 saturated heterocycles. The summed E-state index contributed by atoms with van der Waals surface area (Å²) in [5.41, 5.74) is 7.54. The van der Waals surface area contributed by atoms with Crippen LogP contribution >= 0.6 is 0 Å². The minimum absolute atomic E-state index is 0.0349. The first-order chi connectivity index (χ1) is 26.5. The number of morpholine rings is 1. The van der Waals surface area contributed by atoms with E-state index in [1.807, 2.05) is 82.9 Å². The highest BCUT2D eigenvalue weighted by atomic mass is 16.5. The van der Waals surface area contributed by atoms with Crippen molar-refractivity contribution in [1.29, 1.82) is 0 Å². The highest BCUT2D eigenvalue weighted by Crippen LogP contribution is 2.35. The van der Waals surface area contributed by atoms with Crippen molar-refractivity contribution in [3.8, 4) is 22.5 Å². The fraction of sp³-hybridized carbons (Fsp3) is 0.366. The normalized spacial score (nSPS) is 20.4. The van der Waals surface area contributed by atoms with Crippen LogP contribution in [0.5, 0.6) is 0 Å². The van der Waals surface area contributed by atoms with Gasteiger partial charge in [0.15, 0.2) is 0 Å². The Morgan fingerprint density at radius 1 is 0.833 bits per heavy atom. The Bertz CT molecular complexity index is 2040. The number of hydrogen-bond acceptors (Lipinski definition) is 8. The molecule has 2 aromatic heterocycles. The number of alkyl carbamates (subject to hydrolysis) is 1. The van der Waals surface area contributed by atoms with Gasteiger partial charge in [0, 0.05) is 56.3 Å². The van der Waals surface area contributed by atoms with Crippen molar-refractivity contribution >= 4 is 29.3 Å². The zero-order valence-corrected chi connectivity index (χ0v) is 30.3. The number of aromatic amines is 1. The van der Waals surface area contributed by atoms with Crippen LogP contribution in [0.3, 0.4) is 0 Å². The molecule has 0 spiro atoms. The molecule has 2 aromatic carbocycles. The Kier molecular flexibility index (Phi) is 10.2. The minimum atomic E-state index is -0.870. The minimum Gasteiger partial charge on any atom is -0.453 e. The third-order valence-corrected chi connectivity index (χ3v) is 10.8. The molecule has 4 aliphatic rings. The van der Waals surface area contributed by atoms with Crippen LogP contribution in [0.1, 0.15) is 61.1 Å². The van der Waals surface area contributed by atoms with Crippen molar-refractivity contribution < 1.29 is 23.9 Å². The number of H-pyrrole nitrogens is 1. The number of urea groups is 1. The second-order valence-electron chi connectivity index (χ2n) is 14.0. The topological polar surface area (TPSA) is 145 Å². The number of aliphatic imine (C=N–C) groups is 1. The van der Waals surface area contributed by atoms with Crippen molar-refractivity contribution in [2.45, 2.75) is 50.2 Å². The molecule has 13 heteroatoms. The van der Waals surface area contributed by atoms with Crippen molar-refractivity contribution in [2.75, 3.05) is 46.5 Å². The van der Waals surface area contributed by atoms with E-state index in [0.29, 0.717) is 50.7 Å². The number of ether oxygens (including phenoxy) is 2. The monoisotopic (exact) mass is 728 g/mol. The Morgan fingerprint density at radius 2 is 1.56 bits per heavy atom. The maximum absolute atomic E-state index is 13.9. The van der Waals surface area contributed by atoms with E-state index < -0.39 is 12.1 Å². The molecule has 0 aliphatic carbocycles. The van der Waals surface area contributed by atoms with Gasteiger partial charge in [0.25, 0.3) is 5.91 Å². The number of nitrogens with one attached hydrogen (secondary N) is 2. The molecule has 8 rings (SSSR count). The first-order valence-electron chi connectivity index (χ1n) is 18.7. The van der Waals surface area contributed by atoms with E-state index in [-0.39, 0.29) is 24.0 Å². The smallest absolute Gasteiger partial charge is 0.407 e. The lowest BCUT2D eigenvalue weighted by molar-refractivity contribution is -0.134. The van der Waals surface area contributed by atoms with Crippen molar-refractivity contribution in [3.63, 3.8) is 0 Å². The molecule has 4 amide bonds. The summed E-state index contributed by atoms with van der Waals surface area (Å²) in [6.45, 7) is 3.79. The van der Waals surface area contributed by atoms with E-state index in [9.17, 15) is 14.4 Å². The number of amides is 4. The quantitative estimate of drug-likeness (QED) is 0.226. The molecular weight excluding hydrogens is 685 g/mol. The molecule has 54 heavy (non-hydrogen) atoms. The van der Waals surface area contributed by atoms with Gasteiger partial charge in [-0.3, -0.25) is 14.8 Å². The number of carbonyl (C=O) groups excluding carboxylic acids is 3.